The topological polar surface area (TPSA) is 41.1 Å². The van der Waals surface area contributed by atoms with Crippen molar-refractivity contribution >= 4 is 28.9 Å². The van der Waals surface area contributed by atoms with Gasteiger partial charge in [0, 0.05) is 12.7 Å². The highest BCUT2D eigenvalue weighted by atomic mass is 35.5. The second kappa shape index (κ2) is 5.76. The summed E-state index contributed by atoms with van der Waals surface area (Å²) in [5.41, 5.74) is 3.03. The molecular formula is C15H15ClN2O. The van der Waals surface area contributed by atoms with Crippen molar-refractivity contribution in [2.24, 2.45) is 0 Å². The van der Waals surface area contributed by atoms with Crippen molar-refractivity contribution in [3.05, 3.63) is 58.6 Å². The maximum atomic E-state index is 12.2. The van der Waals surface area contributed by atoms with Crippen LogP contribution in [-0.4, -0.2) is 13.0 Å². The number of nitrogens with one attached hydrogen (secondary N) is 2. The first-order chi connectivity index (χ1) is 9.11. The van der Waals surface area contributed by atoms with Gasteiger partial charge in [-0.25, -0.2) is 0 Å². The molecule has 2 aromatic rings. The molecule has 19 heavy (non-hydrogen) atoms. The molecule has 0 aromatic heterocycles. The highest BCUT2D eigenvalue weighted by molar-refractivity contribution is 6.34. The van der Waals surface area contributed by atoms with Gasteiger partial charge in [0.15, 0.2) is 0 Å². The van der Waals surface area contributed by atoms with Crippen molar-refractivity contribution in [1.82, 2.24) is 0 Å². The first-order valence-electron chi connectivity index (χ1n) is 5.96. The molecule has 0 saturated carbocycles. The van der Waals surface area contributed by atoms with Gasteiger partial charge in [-0.1, -0.05) is 29.8 Å². The Morgan fingerprint density at radius 1 is 1.11 bits per heavy atom. The van der Waals surface area contributed by atoms with Crippen LogP contribution in [-0.2, 0) is 0 Å². The average molecular weight is 275 g/mol. The van der Waals surface area contributed by atoms with Crippen molar-refractivity contribution in [2.75, 3.05) is 17.7 Å². The van der Waals surface area contributed by atoms with Crippen molar-refractivity contribution in [2.45, 2.75) is 6.92 Å². The van der Waals surface area contributed by atoms with Gasteiger partial charge >= 0.3 is 0 Å². The standard InChI is InChI=1S/C15H15ClN2O/c1-10-7-8-14(12(16)9-10)18-15(19)11-5-3-4-6-13(11)17-2/h3-9,17H,1-2H3,(H,18,19). The molecule has 3 nitrogen and oxygen atoms in total. The quantitative estimate of drug-likeness (QED) is 0.890. The van der Waals surface area contributed by atoms with E-state index < -0.39 is 0 Å². The van der Waals surface area contributed by atoms with Gasteiger partial charge in [0.2, 0.25) is 0 Å². The minimum Gasteiger partial charge on any atom is -0.387 e. The van der Waals surface area contributed by atoms with Gasteiger partial charge in [-0.15, -0.1) is 0 Å². The predicted molar refractivity (Wildman–Crippen MR) is 80.1 cm³/mol. The lowest BCUT2D eigenvalue weighted by Gasteiger charge is -2.11. The van der Waals surface area contributed by atoms with E-state index in [-0.39, 0.29) is 5.91 Å². The number of para-hydroxylation sites is 1. The SMILES string of the molecule is CNc1ccccc1C(=O)Nc1ccc(C)cc1Cl. The Morgan fingerprint density at radius 2 is 1.84 bits per heavy atom. The summed E-state index contributed by atoms with van der Waals surface area (Å²) in [4.78, 5) is 12.2. The first-order valence-corrected chi connectivity index (χ1v) is 6.34. The van der Waals surface area contributed by atoms with Crippen LogP contribution in [0.4, 0.5) is 11.4 Å². The van der Waals surface area contributed by atoms with Gasteiger partial charge in [0.1, 0.15) is 0 Å². The Labute approximate surface area is 117 Å². The van der Waals surface area contributed by atoms with E-state index in [1.807, 2.05) is 37.3 Å². The number of aryl methyl sites for hydroxylation is 1. The molecule has 0 atom stereocenters. The smallest absolute Gasteiger partial charge is 0.257 e. The molecule has 0 aliphatic heterocycles. The number of halogens is 1. The molecule has 0 fully saturated rings. The summed E-state index contributed by atoms with van der Waals surface area (Å²) < 4.78 is 0. The summed E-state index contributed by atoms with van der Waals surface area (Å²) in [6.07, 6.45) is 0. The van der Waals surface area contributed by atoms with E-state index in [0.29, 0.717) is 16.3 Å². The van der Waals surface area contributed by atoms with Crippen LogP contribution in [0.25, 0.3) is 0 Å². The van der Waals surface area contributed by atoms with Gasteiger partial charge in [-0.3, -0.25) is 4.79 Å². The molecule has 4 heteroatoms. The molecule has 2 aromatic carbocycles. The van der Waals surface area contributed by atoms with Crippen LogP contribution in [0.3, 0.4) is 0 Å². The van der Waals surface area contributed by atoms with Crippen molar-refractivity contribution in [1.29, 1.82) is 0 Å². The number of anilines is 2. The third-order valence-electron chi connectivity index (χ3n) is 2.81. The fourth-order valence-corrected chi connectivity index (χ4v) is 2.09. The van der Waals surface area contributed by atoms with Crippen LogP contribution in [0.5, 0.6) is 0 Å². The van der Waals surface area contributed by atoms with Gasteiger partial charge in [0.25, 0.3) is 5.91 Å². The average Bonchev–Trinajstić information content (AvgIpc) is 2.41. The van der Waals surface area contributed by atoms with Crippen LogP contribution in [0, 0.1) is 6.92 Å². The maximum absolute atomic E-state index is 12.2. The molecule has 0 aliphatic carbocycles. The summed E-state index contributed by atoms with van der Waals surface area (Å²) in [6, 6.07) is 12.9. The first kappa shape index (κ1) is 13.4. The number of carbonyl (C=O) groups is 1. The Balaban J connectivity index is 2.26. The summed E-state index contributed by atoms with van der Waals surface area (Å²) >= 11 is 6.10. The maximum Gasteiger partial charge on any atom is 0.257 e. The molecule has 0 bridgehead atoms. The second-order valence-corrected chi connectivity index (χ2v) is 4.64. The predicted octanol–water partition coefficient (Wildman–Crippen LogP) is 3.94. The normalized spacial score (nSPS) is 10.1. The highest BCUT2D eigenvalue weighted by Crippen LogP contribution is 2.24. The van der Waals surface area contributed by atoms with E-state index >= 15 is 0 Å². The molecule has 1 amide bonds. The van der Waals surface area contributed by atoms with Crippen LogP contribution in [0.2, 0.25) is 5.02 Å². The lowest BCUT2D eigenvalue weighted by Crippen LogP contribution is -2.14. The zero-order chi connectivity index (χ0) is 13.8. The minimum absolute atomic E-state index is 0.185. The van der Waals surface area contributed by atoms with Crippen LogP contribution in [0.15, 0.2) is 42.5 Å². The molecule has 0 aliphatic rings. The molecule has 0 unspecified atom stereocenters. The number of rotatable bonds is 3. The van der Waals surface area contributed by atoms with Crippen molar-refractivity contribution < 1.29 is 4.79 Å². The second-order valence-electron chi connectivity index (χ2n) is 4.23. The van der Waals surface area contributed by atoms with Gasteiger partial charge in [-0.05, 0) is 36.8 Å². The van der Waals surface area contributed by atoms with Crippen molar-refractivity contribution in [3.8, 4) is 0 Å². The number of hydrogen-bond donors (Lipinski definition) is 2. The summed E-state index contributed by atoms with van der Waals surface area (Å²) in [6.45, 7) is 1.95. The molecule has 0 radical (unpaired) electrons. The number of carbonyl (C=O) groups excluding carboxylic acids is 1. The minimum atomic E-state index is -0.185. The Hall–Kier alpha value is -2.00. The molecule has 0 spiro atoms. The van der Waals surface area contributed by atoms with Crippen LogP contribution >= 0.6 is 11.6 Å². The summed E-state index contributed by atoms with van der Waals surface area (Å²) in [5.74, 6) is -0.185. The fraction of sp³-hybridized carbons (Fsp3) is 0.133. The van der Waals surface area contributed by atoms with E-state index in [1.165, 1.54) is 0 Å². The van der Waals surface area contributed by atoms with Gasteiger partial charge in [0.05, 0.1) is 16.3 Å². The summed E-state index contributed by atoms with van der Waals surface area (Å²) in [5, 5.41) is 6.35. The Bertz CT molecular complexity index is 611. The van der Waals surface area contributed by atoms with E-state index in [0.717, 1.165) is 11.3 Å². The van der Waals surface area contributed by atoms with E-state index in [2.05, 4.69) is 10.6 Å². The summed E-state index contributed by atoms with van der Waals surface area (Å²) in [7, 11) is 1.78. The third kappa shape index (κ3) is 3.06. The van der Waals surface area contributed by atoms with E-state index in [9.17, 15) is 4.79 Å². The van der Waals surface area contributed by atoms with Crippen LogP contribution < -0.4 is 10.6 Å². The number of hydrogen-bond acceptors (Lipinski definition) is 2. The fourth-order valence-electron chi connectivity index (χ4n) is 1.81. The zero-order valence-corrected chi connectivity index (χ0v) is 11.6. The van der Waals surface area contributed by atoms with E-state index in [1.54, 1.807) is 19.2 Å². The molecular weight excluding hydrogens is 260 g/mol. The number of amides is 1. The van der Waals surface area contributed by atoms with Crippen LogP contribution in [0.1, 0.15) is 15.9 Å². The van der Waals surface area contributed by atoms with E-state index in [4.69, 9.17) is 11.6 Å². The van der Waals surface area contributed by atoms with Crippen molar-refractivity contribution in [3.63, 3.8) is 0 Å². The number of benzene rings is 2. The molecule has 2 rings (SSSR count). The monoisotopic (exact) mass is 274 g/mol. The lowest BCUT2D eigenvalue weighted by molar-refractivity contribution is 0.102. The molecule has 0 saturated heterocycles. The molecule has 0 heterocycles. The lowest BCUT2D eigenvalue weighted by atomic mass is 10.1. The highest BCUT2D eigenvalue weighted by Gasteiger charge is 2.11. The Kier molecular flexibility index (Phi) is 4.07. The third-order valence-corrected chi connectivity index (χ3v) is 3.13. The molecule has 98 valence electrons. The van der Waals surface area contributed by atoms with Gasteiger partial charge in [-0.2, -0.15) is 0 Å². The largest absolute Gasteiger partial charge is 0.387 e. The molecule has 2 N–H and O–H groups in total. The zero-order valence-electron chi connectivity index (χ0n) is 10.8. The Morgan fingerprint density at radius 3 is 2.53 bits per heavy atom. The van der Waals surface area contributed by atoms with Gasteiger partial charge < -0.3 is 10.6 Å².